The number of unbranched alkanes of at least 4 members (excludes halogenated alkanes) is 8. The summed E-state index contributed by atoms with van der Waals surface area (Å²) in [4.78, 5) is 12.3. The maximum absolute atomic E-state index is 12.3. The van der Waals surface area contributed by atoms with Crippen molar-refractivity contribution in [1.82, 2.24) is 0 Å². The Balaban J connectivity index is 3.89. The van der Waals surface area contributed by atoms with E-state index in [1.807, 2.05) is 0 Å². The Hall–Kier alpha value is -0.530. The van der Waals surface area contributed by atoms with E-state index in [0.29, 0.717) is 12.3 Å². The van der Waals surface area contributed by atoms with Gasteiger partial charge in [-0.15, -0.1) is 0 Å². The molecule has 0 fully saturated rings. The second kappa shape index (κ2) is 15.5. The van der Waals surface area contributed by atoms with Gasteiger partial charge in [-0.05, 0) is 37.0 Å². The van der Waals surface area contributed by atoms with Crippen molar-refractivity contribution < 1.29 is 9.53 Å². The monoisotopic (exact) mass is 368 g/mol. The van der Waals surface area contributed by atoms with Gasteiger partial charge in [-0.2, -0.15) is 0 Å². The molecule has 2 unspecified atom stereocenters. The van der Waals surface area contributed by atoms with E-state index in [9.17, 15) is 4.79 Å². The standard InChI is InChI=1S/C24H48O2/c1-7-9-10-11-12-13-14-15-16-18-22(17-8-2)26-23(25)19-21(3)20-24(4,5)6/h21-22H,7-20H2,1-6H3. The third-order valence-electron chi connectivity index (χ3n) is 5.01. The minimum Gasteiger partial charge on any atom is -0.462 e. The van der Waals surface area contributed by atoms with Crippen LogP contribution in [0.15, 0.2) is 0 Å². The molecule has 0 spiro atoms. The molecule has 2 nitrogen and oxygen atoms in total. The van der Waals surface area contributed by atoms with E-state index >= 15 is 0 Å². The van der Waals surface area contributed by atoms with Crippen molar-refractivity contribution in [3.63, 3.8) is 0 Å². The van der Waals surface area contributed by atoms with E-state index < -0.39 is 0 Å². The fourth-order valence-electron chi connectivity index (χ4n) is 3.90. The van der Waals surface area contributed by atoms with Crippen LogP contribution in [0.5, 0.6) is 0 Å². The normalized spacial score (nSPS) is 14.2. The summed E-state index contributed by atoms with van der Waals surface area (Å²) in [5.74, 6) is 0.411. The lowest BCUT2D eigenvalue weighted by Crippen LogP contribution is -2.21. The number of carbonyl (C=O) groups excluding carboxylic acids is 1. The van der Waals surface area contributed by atoms with Crippen LogP contribution in [-0.2, 0) is 9.53 Å². The second-order valence-corrected chi connectivity index (χ2v) is 9.59. The van der Waals surface area contributed by atoms with Crippen molar-refractivity contribution >= 4 is 5.97 Å². The molecule has 0 aliphatic rings. The summed E-state index contributed by atoms with van der Waals surface area (Å²) in [7, 11) is 0. The lowest BCUT2D eigenvalue weighted by molar-refractivity contribution is -0.151. The second-order valence-electron chi connectivity index (χ2n) is 9.59. The molecule has 0 saturated carbocycles. The number of hydrogen-bond donors (Lipinski definition) is 0. The van der Waals surface area contributed by atoms with Gasteiger partial charge in [0, 0.05) is 6.42 Å². The Labute approximate surface area is 164 Å². The van der Waals surface area contributed by atoms with Crippen molar-refractivity contribution in [2.75, 3.05) is 0 Å². The molecule has 2 heteroatoms. The lowest BCUT2D eigenvalue weighted by atomic mass is 9.84. The number of ether oxygens (including phenoxy) is 1. The summed E-state index contributed by atoms with van der Waals surface area (Å²) >= 11 is 0. The van der Waals surface area contributed by atoms with E-state index in [1.165, 1.54) is 57.8 Å². The fraction of sp³-hybridized carbons (Fsp3) is 0.958. The van der Waals surface area contributed by atoms with Crippen molar-refractivity contribution in [2.45, 2.75) is 138 Å². The third kappa shape index (κ3) is 16.9. The van der Waals surface area contributed by atoms with Crippen molar-refractivity contribution in [3.05, 3.63) is 0 Å². The van der Waals surface area contributed by atoms with Crippen LogP contribution >= 0.6 is 0 Å². The van der Waals surface area contributed by atoms with Gasteiger partial charge in [-0.3, -0.25) is 4.79 Å². The molecule has 0 rings (SSSR count). The Morgan fingerprint density at radius 1 is 0.808 bits per heavy atom. The average Bonchev–Trinajstić information content (AvgIpc) is 2.51. The van der Waals surface area contributed by atoms with Gasteiger partial charge in [-0.25, -0.2) is 0 Å². The minimum absolute atomic E-state index is 0.0103. The number of rotatable bonds is 16. The van der Waals surface area contributed by atoms with Gasteiger partial charge in [0.1, 0.15) is 6.10 Å². The predicted molar refractivity (Wildman–Crippen MR) is 114 cm³/mol. The smallest absolute Gasteiger partial charge is 0.306 e. The SMILES string of the molecule is CCCCCCCCCCCC(CCC)OC(=O)CC(C)CC(C)(C)C. The summed E-state index contributed by atoms with van der Waals surface area (Å²) in [6.07, 6.45) is 17.0. The van der Waals surface area contributed by atoms with Crippen LogP contribution < -0.4 is 0 Å². The molecular formula is C24H48O2. The Morgan fingerprint density at radius 2 is 1.35 bits per heavy atom. The Morgan fingerprint density at radius 3 is 1.85 bits per heavy atom. The molecular weight excluding hydrogens is 320 g/mol. The highest BCUT2D eigenvalue weighted by Gasteiger charge is 2.20. The van der Waals surface area contributed by atoms with E-state index in [4.69, 9.17) is 4.74 Å². The maximum atomic E-state index is 12.3. The molecule has 156 valence electrons. The van der Waals surface area contributed by atoms with Gasteiger partial charge in [0.05, 0.1) is 0 Å². The summed E-state index contributed by atoms with van der Waals surface area (Å²) in [6, 6.07) is 0. The van der Waals surface area contributed by atoms with Crippen LogP contribution in [-0.4, -0.2) is 12.1 Å². The molecule has 0 heterocycles. The van der Waals surface area contributed by atoms with Crippen LogP contribution in [0.4, 0.5) is 0 Å². The van der Waals surface area contributed by atoms with E-state index in [1.54, 1.807) is 0 Å². The van der Waals surface area contributed by atoms with Crippen LogP contribution in [0.1, 0.15) is 131 Å². The van der Waals surface area contributed by atoms with Gasteiger partial charge >= 0.3 is 5.97 Å². The van der Waals surface area contributed by atoms with Crippen LogP contribution in [0, 0.1) is 11.3 Å². The highest BCUT2D eigenvalue weighted by Crippen LogP contribution is 2.26. The molecule has 0 amide bonds. The van der Waals surface area contributed by atoms with Crippen molar-refractivity contribution in [2.24, 2.45) is 11.3 Å². The average molecular weight is 369 g/mol. The zero-order chi connectivity index (χ0) is 19.8. The zero-order valence-electron chi connectivity index (χ0n) is 18.9. The predicted octanol–water partition coefficient (Wildman–Crippen LogP) is 8.08. The highest BCUT2D eigenvalue weighted by atomic mass is 16.5. The first-order valence-electron chi connectivity index (χ1n) is 11.5. The molecule has 0 radical (unpaired) electrons. The molecule has 0 aliphatic heterocycles. The van der Waals surface area contributed by atoms with Gasteiger partial charge in [0.15, 0.2) is 0 Å². The molecule has 26 heavy (non-hydrogen) atoms. The highest BCUT2D eigenvalue weighted by molar-refractivity contribution is 5.69. The van der Waals surface area contributed by atoms with Crippen molar-refractivity contribution in [1.29, 1.82) is 0 Å². The molecule has 0 N–H and O–H groups in total. The summed E-state index contributed by atoms with van der Waals surface area (Å²) in [6.45, 7) is 13.3. The zero-order valence-corrected chi connectivity index (χ0v) is 18.9. The first-order valence-corrected chi connectivity index (χ1v) is 11.5. The first kappa shape index (κ1) is 25.5. The topological polar surface area (TPSA) is 26.3 Å². The molecule has 2 atom stereocenters. The molecule has 0 aromatic carbocycles. The Bertz CT molecular complexity index is 330. The Kier molecular flexibility index (Phi) is 15.2. The molecule has 0 aliphatic carbocycles. The summed E-state index contributed by atoms with van der Waals surface area (Å²) < 4.78 is 5.81. The quantitative estimate of drug-likeness (QED) is 0.203. The van der Waals surface area contributed by atoms with Gasteiger partial charge < -0.3 is 4.74 Å². The number of hydrogen-bond acceptors (Lipinski definition) is 2. The summed E-state index contributed by atoms with van der Waals surface area (Å²) in [5.41, 5.74) is 0.277. The van der Waals surface area contributed by atoms with Crippen molar-refractivity contribution in [3.8, 4) is 0 Å². The van der Waals surface area contributed by atoms with Gasteiger partial charge in [-0.1, -0.05) is 99.3 Å². The first-order chi connectivity index (χ1) is 12.3. The number of carbonyl (C=O) groups is 1. The van der Waals surface area contributed by atoms with E-state index in [-0.39, 0.29) is 17.5 Å². The fourth-order valence-corrected chi connectivity index (χ4v) is 3.90. The van der Waals surface area contributed by atoms with Gasteiger partial charge in [0.25, 0.3) is 0 Å². The molecule has 0 aromatic rings. The van der Waals surface area contributed by atoms with Crippen LogP contribution in [0.2, 0.25) is 0 Å². The largest absolute Gasteiger partial charge is 0.462 e. The van der Waals surface area contributed by atoms with Gasteiger partial charge in [0.2, 0.25) is 0 Å². The van der Waals surface area contributed by atoms with Crippen LogP contribution in [0.3, 0.4) is 0 Å². The molecule has 0 bridgehead atoms. The lowest BCUT2D eigenvalue weighted by Gasteiger charge is -2.24. The number of esters is 1. The maximum Gasteiger partial charge on any atom is 0.306 e. The minimum atomic E-state index is 0.0103. The van der Waals surface area contributed by atoms with Crippen LogP contribution in [0.25, 0.3) is 0 Å². The summed E-state index contributed by atoms with van der Waals surface area (Å²) in [5, 5.41) is 0. The third-order valence-corrected chi connectivity index (χ3v) is 5.01. The molecule has 0 aromatic heterocycles. The molecule has 0 saturated heterocycles. The van der Waals surface area contributed by atoms with E-state index in [2.05, 4.69) is 41.5 Å². The van der Waals surface area contributed by atoms with E-state index in [0.717, 1.165) is 25.7 Å².